The number of aryl methyl sites for hydroxylation is 1. The van der Waals surface area contributed by atoms with Gasteiger partial charge in [0.1, 0.15) is 0 Å². The van der Waals surface area contributed by atoms with Crippen molar-refractivity contribution in [3.05, 3.63) is 17.0 Å². The van der Waals surface area contributed by atoms with Crippen LogP contribution in [-0.2, 0) is 22.4 Å². The van der Waals surface area contributed by atoms with Crippen LogP contribution in [0, 0.1) is 5.41 Å². The molecule has 0 spiro atoms. The van der Waals surface area contributed by atoms with Gasteiger partial charge in [0.15, 0.2) is 5.69 Å². The van der Waals surface area contributed by atoms with Crippen molar-refractivity contribution < 1.29 is 19.4 Å². The van der Waals surface area contributed by atoms with E-state index >= 15 is 0 Å². The lowest BCUT2D eigenvalue weighted by Gasteiger charge is -2.40. The van der Waals surface area contributed by atoms with E-state index in [-0.39, 0.29) is 12.5 Å². The molecular formula is C18H27N3O4. The van der Waals surface area contributed by atoms with Crippen molar-refractivity contribution in [3.63, 3.8) is 0 Å². The van der Waals surface area contributed by atoms with Gasteiger partial charge in [0.25, 0.3) is 5.91 Å². The molecule has 138 valence electrons. The summed E-state index contributed by atoms with van der Waals surface area (Å²) in [5, 5.41) is 17.1. The molecular weight excluding hydrogens is 322 g/mol. The van der Waals surface area contributed by atoms with Crippen LogP contribution in [0.3, 0.4) is 0 Å². The van der Waals surface area contributed by atoms with Gasteiger partial charge < -0.3 is 14.7 Å². The highest BCUT2D eigenvalue weighted by Crippen LogP contribution is 2.36. The number of likely N-dealkylation sites (tertiary alicyclic amines) is 1. The zero-order valence-corrected chi connectivity index (χ0v) is 14.8. The standard InChI is InChI=1S/C18H27N3O4/c1-25-11-5-9-18(17(23)24)8-4-10-21(12-18)16(22)15-13-6-2-3-7-14(13)19-20-15/h2-12H2,1H3,(H,19,20)(H,23,24)/t18-/m1/s1. The van der Waals surface area contributed by atoms with Crippen molar-refractivity contribution in [2.24, 2.45) is 5.41 Å². The Morgan fingerprint density at radius 1 is 1.32 bits per heavy atom. The average Bonchev–Trinajstić information content (AvgIpc) is 3.05. The number of ether oxygens (including phenoxy) is 1. The van der Waals surface area contributed by atoms with Crippen LogP contribution in [0.1, 0.15) is 60.3 Å². The largest absolute Gasteiger partial charge is 0.481 e. The zero-order chi connectivity index (χ0) is 17.9. The highest BCUT2D eigenvalue weighted by molar-refractivity contribution is 5.94. The second kappa shape index (κ2) is 7.56. The van der Waals surface area contributed by atoms with Crippen LogP contribution >= 0.6 is 0 Å². The molecule has 1 saturated heterocycles. The maximum Gasteiger partial charge on any atom is 0.311 e. The van der Waals surface area contributed by atoms with E-state index in [0.717, 1.165) is 36.9 Å². The summed E-state index contributed by atoms with van der Waals surface area (Å²) >= 11 is 0. The molecule has 0 saturated carbocycles. The summed E-state index contributed by atoms with van der Waals surface area (Å²) in [6.45, 7) is 1.39. The molecule has 2 heterocycles. The third-order valence-corrected chi connectivity index (χ3v) is 5.58. The fourth-order valence-corrected chi connectivity index (χ4v) is 4.15. The van der Waals surface area contributed by atoms with Crippen molar-refractivity contribution in [2.45, 2.75) is 51.4 Å². The Morgan fingerprint density at radius 2 is 2.12 bits per heavy atom. The van der Waals surface area contributed by atoms with Gasteiger partial charge in [0.2, 0.25) is 0 Å². The van der Waals surface area contributed by atoms with Gasteiger partial charge in [-0.1, -0.05) is 0 Å². The first kappa shape index (κ1) is 17.9. The van der Waals surface area contributed by atoms with E-state index in [0.29, 0.717) is 44.5 Å². The summed E-state index contributed by atoms with van der Waals surface area (Å²) in [6.07, 6.45) is 6.52. The number of H-pyrrole nitrogens is 1. The lowest BCUT2D eigenvalue weighted by Crippen LogP contribution is -2.50. The van der Waals surface area contributed by atoms with Crippen LogP contribution < -0.4 is 0 Å². The normalized spacial score (nSPS) is 23.3. The topological polar surface area (TPSA) is 95.5 Å². The first-order valence-electron chi connectivity index (χ1n) is 9.15. The Balaban J connectivity index is 1.76. The smallest absolute Gasteiger partial charge is 0.311 e. The van der Waals surface area contributed by atoms with Crippen molar-refractivity contribution in [2.75, 3.05) is 26.8 Å². The van der Waals surface area contributed by atoms with Crippen LogP contribution in [0.15, 0.2) is 0 Å². The van der Waals surface area contributed by atoms with Gasteiger partial charge in [-0.15, -0.1) is 0 Å². The van der Waals surface area contributed by atoms with Gasteiger partial charge in [-0.25, -0.2) is 0 Å². The number of aromatic nitrogens is 2. The zero-order valence-electron chi connectivity index (χ0n) is 14.8. The third kappa shape index (κ3) is 3.56. The third-order valence-electron chi connectivity index (χ3n) is 5.58. The van der Waals surface area contributed by atoms with Crippen molar-refractivity contribution >= 4 is 11.9 Å². The molecule has 1 aromatic heterocycles. The maximum atomic E-state index is 13.0. The number of carboxylic acids is 1. The fraction of sp³-hybridized carbons (Fsp3) is 0.722. The van der Waals surface area contributed by atoms with Gasteiger partial charge in [0.05, 0.1) is 5.41 Å². The number of carbonyl (C=O) groups is 2. The number of piperidine rings is 1. The average molecular weight is 349 g/mol. The molecule has 7 heteroatoms. The number of methoxy groups -OCH3 is 1. The minimum absolute atomic E-state index is 0.128. The van der Waals surface area contributed by atoms with Crippen molar-refractivity contribution in [1.29, 1.82) is 0 Å². The highest BCUT2D eigenvalue weighted by Gasteiger charge is 2.43. The van der Waals surface area contributed by atoms with E-state index in [1.54, 1.807) is 12.0 Å². The van der Waals surface area contributed by atoms with Gasteiger partial charge >= 0.3 is 5.97 Å². The first-order valence-corrected chi connectivity index (χ1v) is 9.15. The van der Waals surface area contributed by atoms with E-state index in [1.165, 1.54) is 0 Å². The Bertz CT molecular complexity index is 642. The summed E-state index contributed by atoms with van der Waals surface area (Å²) < 4.78 is 5.07. The summed E-state index contributed by atoms with van der Waals surface area (Å²) in [4.78, 5) is 26.6. The molecule has 0 bridgehead atoms. The number of carbonyl (C=O) groups excluding carboxylic acids is 1. The van der Waals surface area contributed by atoms with Crippen LogP contribution in [0.25, 0.3) is 0 Å². The van der Waals surface area contributed by atoms with E-state index in [2.05, 4.69) is 10.2 Å². The lowest BCUT2D eigenvalue weighted by atomic mass is 9.76. The number of amides is 1. The number of rotatable bonds is 6. The number of hydrogen-bond donors (Lipinski definition) is 2. The summed E-state index contributed by atoms with van der Waals surface area (Å²) in [7, 11) is 1.62. The second-order valence-corrected chi connectivity index (χ2v) is 7.25. The van der Waals surface area contributed by atoms with E-state index in [9.17, 15) is 14.7 Å². The van der Waals surface area contributed by atoms with E-state index in [1.807, 2.05) is 0 Å². The molecule has 1 aliphatic heterocycles. The minimum atomic E-state index is -0.872. The predicted octanol–water partition coefficient (Wildman–Crippen LogP) is 2.02. The number of carboxylic acid groups (broad SMARTS) is 1. The number of nitrogens with zero attached hydrogens (tertiary/aromatic N) is 2. The molecule has 1 amide bonds. The SMILES string of the molecule is COCCC[C@]1(C(=O)O)CCCN(C(=O)c2n[nH]c3c2CCCC3)C1. The van der Waals surface area contributed by atoms with Crippen LogP contribution in [0.4, 0.5) is 0 Å². The molecule has 1 fully saturated rings. The van der Waals surface area contributed by atoms with Gasteiger partial charge in [-0.3, -0.25) is 14.7 Å². The molecule has 1 atom stereocenters. The molecule has 1 aliphatic carbocycles. The Kier molecular flexibility index (Phi) is 5.42. The molecule has 1 aromatic rings. The molecule has 0 unspecified atom stereocenters. The van der Waals surface area contributed by atoms with Crippen molar-refractivity contribution in [1.82, 2.24) is 15.1 Å². The molecule has 0 radical (unpaired) electrons. The first-order chi connectivity index (χ1) is 12.1. The van der Waals surface area contributed by atoms with Crippen molar-refractivity contribution in [3.8, 4) is 0 Å². The van der Waals surface area contributed by atoms with E-state index in [4.69, 9.17) is 4.74 Å². The molecule has 25 heavy (non-hydrogen) atoms. The summed E-state index contributed by atoms with van der Waals surface area (Å²) in [5.74, 6) is -0.943. The quantitative estimate of drug-likeness (QED) is 0.766. The summed E-state index contributed by atoms with van der Waals surface area (Å²) in [5.41, 5.74) is 1.72. The Morgan fingerprint density at radius 3 is 2.88 bits per heavy atom. The second-order valence-electron chi connectivity index (χ2n) is 7.25. The lowest BCUT2D eigenvalue weighted by molar-refractivity contribution is -0.152. The highest BCUT2D eigenvalue weighted by atomic mass is 16.5. The number of fused-ring (bicyclic) bond motifs is 1. The number of hydrogen-bond acceptors (Lipinski definition) is 4. The van der Waals surface area contributed by atoms with Gasteiger partial charge in [-0.05, 0) is 51.4 Å². The van der Waals surface area contributed by atoms with Gasteiger partial charge in [0, 0.05) is 38.1 Å². The Labute approximate surface area is 147 Å². The number of aliphatic carboxylic acids is 1. The van der Waals surface area contributed by atoms with E-state index < -0.39 is 11.4 Å². The molecule has 0 aromatic carbocycles. The van der Waals surface area contributed by atoms with Crippen LogP contribution in [-0.4, -0.2) is 58.9 Å². The summed E-state index contributed by atoms with van der Waals surface area (Å²) in [6, 6.07) is 0. The Hall–Kier alpha value is -1.89. The molecule has 2 N–H and O–H groups in total. The monoisotopic (exact) mass is 349 g/mol. The fourth-order valence-electron chi connectivity index (χ4n) is 4.15. The number of aromatic amines is 1. The maximum absolute atomic E-state index is 13.0. The molecule has 7 nitrogen and oxygen atoms in total. The predicted molar refractivity (Wildman–Crippen MR) is 91.5 cm³/mol. The van der Waals surface area contributed by atoms with Crippen LogP contribution in [0.5, 0.6) is 0 Å². The molecule has 2 aliphatic rings. The van der Waals surface area contributed by atoms with Crippen LogP contribution in [0.2, 0.25) is 0 Å². The number of nitrogens with one attached hydrogen (secondary N) is 1. The van der Waals surface area contributed by atoms with Gasteiger partial charge in [-0.2, -0.15) is 5.10 Å². The molecule has 3 rings (SSSR count). The minimum Gasteiger partial charge on any atom is -0.481 e.